The predicted molar refractivity (Wildman–Crippen MR) is 97.4 cm³/mol. The number of rotatable bonds is 5. The van der Waals surface area contributed by atoms with Gasteiger partial charge in [0.05, 0.1) is 17.4 Å². The first kappa shape index (κ1) is 18.4. The van der Waals surface area contributed by atoms with E-state index >= 15 is 0 Å². The molecule has 3 unspecified atom stereocenters. The van der Waals surface area contributed by atoms with Gasteiger partial charge in [-0.15, -0.1) is 11.3 Å². The van der Waals surface area contributed by atoms with E-state index in [1.165, 1.54) is 4.88 Å². The van der Waals surface area contributed by atoms with Gasteiger partial charge in [-0.3, -0.25) is 9.59 Å². The molecule has 0 spiro atoms. The predicted octanol–water partition coefficient (Wildman–Crippen LogP) is 1.22. The molecule has 0 aromatic carbocycles. The molecule has 8 heteroatoms. The fourth-order valence-electron chi connectivity index (χ4n) is 3.57. The lowest BCUT2D eigenvalue weighted by molar-refractivity contribution is -0.129. The Labute approximate surface area is 152 Å². The molecule has 3 rings (SSSR count). The molecule has 0 saturated carbocycles. The van der Waals surface area contributed by atoms with Crippen molar-refractivity contribution in [2.24, 2.45) is 5.92 Å². The highest BCUT2D eigenvalue weighted by atomic mass is 32.2. The largest absolute Gasteiger partial charge is 0.354 e. The summed E-state index contributed by atoms with van der Waals surface area (Å²) in [7, 11) is -2.94. The van der Waals surface area contributed by atoms with Gasteiger partial charge >= 0.3 is 0 Å². The third kappa shape index (κ3) is 4.41. The lowest BCUT2D eigenvalue weighted by atomic mass is 9.87. The van der Waals surface area contributed by atoms with Crippen LogP contribution < -0.4 is 10.6 Å². The normalized spacial score (nSPS) is 25.8. The molecule has 1 aliphatic heterocycles. The van der Waals surface area contributed by atoms with Gasteiger partial charge in [-0.05, 0) is 55.5 Å². The van der Waals surface area contributed by atoms with Crippen molar-refractivity contribution in [3.05, 3.63) is 21.9 Å². The maximum Gasteiger partial charge on any atom is 0.242 e. The number of amides is 2. The zero-order valence-corrected chi connectivity index (χ0v) is 15.9. The quantitative estimate of drug-likeness (QED) is 0.798. The summed E-state index contributed by atoms with van der Waals surface area (Å²) in [5, 5.41) is 7.59. The van der Waals surface area contributed by atoms with Gasteiger partial charge in [-0.1, -0.05) is 0 Å². The Morgan fingerprint density at radius 1 is 1.36 bits per heavy atom. The molecule has 0 bridgehead atoms. The zero-order chi connectivity index (χ0) is 18.0. The van der Waals surface area contributed by atoms with Gasteiger partial charge < -0.3 is 10.6 Å². The summed E-state index contributed by atoms with van der Waals surface area (Å²) in [5.74, 6) is -0.236. The van der Waals surface area contributed by atoms with Crippen LogP contribution in [0.2, 0.25) is 0 Å². The minimum atomic E-state index is -2.94. The number of hydrogen-bond donors (Lipinski definition) is 2. The first-order chi connectivity index (χ1) is 11.9. The Morgan fingerprint density at radius 2 is 2.16 bits per heavy atom. The molecular formula is C17H24N2O4S2. The molecule has 1 aromatic rings. The summed E-state index contributed by atoms with van der Waals surface area (Å²) in [6.45, 7) is 2.01. The Bertz CT molecular complexity index is 756. The van der Waals surface area contributed by atoms with E-state index in [9.17, 15) is 18.0 Å². The molecule has 2 heterocycles. The highest BCUT2D eigenvalue weighted by Crippen LogP contribution is 2.35. The topological polar surface area (TPSA) is 92.3 Å². The first-order valence-electron chi connectivity index (χ1n) is 8.70. The van der Waals surface area contributed by atoms with Crippen molar-refractivity contribution in [2.75, 3.05) is 18.1 Å². The van der Waals surface area contributed by atoms with Crippen LogP contribution in [0.4, 0.5) is 0 Å². The molecule has 1 fully saturated rings. The van der Waals surface area contributed by atoms with E-state index in [0.29, 0.717) is 13.0 Å². The first-order valence-corrected chi connectivity index (χ1v) is 11.4. The lowest BCUT2D eigenvalue weighted by Gasteiger charge is -2.24. The van der Waals surface area contributed by atoms with Crippen LogP contribution in [0.3, 0.4) is 0 Å². The maximum absolute atomic E-state index is 12.6. The van der Waals surface area contributed by atoms with Gasteiger partial charge in [0.15, 0.2) is 9.84 Å². The summed E-state index contributed by atoms with van der Waals surface area (Å²) >= 11 is 1.69. The maximum atomic E-state index is 12.6. The Kier molecular flexibility index (Phi) is 5.48. The second-order valence-corrected chi connectivity index (χ2v) is 10.2. The number of hydrogen-bond acceptors (Lipinski definition) is 5. The molecule has 1 aromatic heterocycles. The second-order valence-electron chi connectivity index (χ2n) is 6.99. The minimum Gasteiger partial charge on any atom is -0.354 e. The van der Waals surface area contributed by atoms with E-state index in [1.807, 2.05) is 11.4 Å². The van der Waals surface area contributed by atoms with E-state index in [1.54, 1.807) is 18.3 Å². The standard InChI is InChI=1S/C17H24N2O4S2/c1-11(16(20)18-9-12-6-8-25(22,23)10-12)19-17(21)14-3-2-4-15-13(14)5-7-24-15/h5,7,11-12,14H,2-4,6,8-10H2,1H3,(H,18,20)(H,19,21). The van der Waals surface area contributed by atoms with Gasteiger partial charge in [0, 0.05) is 11.4 Å². The van der Waals surface area contributed by atoms with Gasteiger partial charge in [0.25, 0.3) is 0 Å². The smallest absolute Gasteiger partial charge is 0.242 e. The minimum absolute atomic E-state index is 0.0245. The second kappa shape index (κ2) is 7.45. The van der Waals surface area contributed by atoms with Crippen LogP contribution in [-0.2, 0) is 25.8 Å². The van der Waals surface area contributed by atoms with Crippen LogP contribution in [-0.4, -0.2) is 44.3 Å². The summed E-state index contributed by atoms with van der Waals surface area (Å²) < 4.78 is 22.9. The molecule has 2 aliphatic rings. The number of thiophene rings is 1. The van der Waals surface area contributed by atoms with Gasteiger partial charge in [-0.2, -0.15) is 0 Å². The molecule has 6 nitrogen and oxygen atoms in total. The average Bonchev–Trinajstić information content (AvgIpc) is 3.17. The Morgan fingerprint density at radius 3 is 2.88 bits per heavy atom. The van der Waals surface area contributed by atoms with E-state index in [2.05, 4.69) is 10.6 Å². The van der Waals surface area contributed by atoms with Crippen molar-refractivity contribution < 1.29 is 18.0 Å². The van der Waals surface area contributed by atoms with Crippen LogP contribution in [0.1, 0.15) is 42.5 Å². The third-order valence-corrected chi connectivity index (χ3v) is 7.85. The number of carbonyl (C=O) groups excluding carboxylic acids is 2. The van der Waals surface area contributed by atoms with Crippen LogP contribution in [0.15, 0.2) is 11.4 Å². The third-order valence-electron chi connectivity index (χ3n) is 5.01. The van der Waals surface area contributed by atoms with E-state index in [-0.39, 0.29) is 35.2 Å². The summed E-state index contributed by atoms with van der Waals surface area (Å²) in [6, 6.07) is 1.38. The SMILES string of the molecule is CC(NC(=O)C1CCCc2sccc21)C(=O)NCC1CCS(=O)(=O)C1. The number of aryl methyl sites for hydroxylation is 1. The molecule has 3 atom stereocenters. The molecule has 1 saturated heterocycles. The number of nitrogens with one attached hydrogen (secondary N) is 2. The zero-order valence-electron chi connectivity index (χ0n) is 14.3. The van der Waals surface area contributed by atoms with Crippen LogP contribution in [0.25, 0.3) is 0 Å². The average molecular weight is 385 g/mol. The molecule has 25 heavy (non-hydrogen) atoms. The number of carbonyl (C=O) groups is 2. The molecule has 138 valence electrons. The Hall–Kier alpha value is -1.41. The van der Waals surface area contributed by atoms with Crippen molar-refractivity contribution in [1.82, 2.24) is 10.6 Å². The van der Waals surface area contributed by atoms with Crippen LogP contribution in [0, 0.1) is 5.92 Å². The highest BCUT2D eigenvalue weighted by molar-refractivity contribution is 7.91. The molecular weight excluding hydrogens is 360 g/mol. The Balaban J connectivity index is 1.49. The highest BCUT2D eigenvalue weighted by Gasteiger charge is 2.30. The number of sulfone groups is 1. The lowest BCUT2D eigenvalue weighted by Crippen LogP contribution is -2.47. The van der Waals surface area contributed by atoms with Crippen molar-refractivity contribution in [3.8, 4) is 0 Å². The number of fused-ring (bicyclic) bond motifs is 1. The summed E-state index contributed by atoms with van der Waals surface area (Å²) in [5.41, 5.74) is 1.09. The summed E-state index contributed by atoms with van der Waals surface area (Å²) in [4.78, 5) is 26.0. The van der Waals surface area contributed by atoms with E-state index in [0.717, 1.165) is 24.8 Å². The molecule has 1 aliphatic carbocycles. The fraction of sp³-hybridized carbons (Fsp3) is 0.647. The van der Waals surface area contributed by atoms with Gasteiger partial charge in [0.2, 0.25) is 11.8 Å². The van der Waals surface area contributed by atoms with E-state index < -0.39 is 15.9 Å². The monoisotopic (exact) mass is 384 g/mol. The van der Waals surface area contributed by atoms with Crippen LogP contribution >= 0.6 is 11.3 Å². The fourth-order valence-corrected chi connectivity index (χ4v) is 6.42. The van der Waals surface area contributed by atoms with Crippen LogP contribution in [0.5, 0.6) is 0 Å². The van der Waals surface area contributed by atoms with Crippen molar-refractivity contribution in [2.45, 2.75) is 44.6 Å². The summed E-state index contributed by atoms with van der Waals surface area (Å²) in [6.07, 6.45) is 3.41. The van der Waals surface area contributed by atoms with Crippen molar-refractivity contribution in [3.63, 3.8) is 0 Å². The van der Waals surface area contributed by atoms with Gasteiger partial charge in [0.1, 0.15) is 6.04 Å². The van der Waals surface area contributed by atoms with Crippen molar-refractivity contribution in [1.29, 1.82) is 0 Å². The van der Waals surface area contributed by atoms with Crippen molar-refractivity contribution >= 4 is 33.0 Å². The molecule has 2 N–H and O–H groups in total. The van der Waals surface area contributed by atoms with Gasteiger partial charge in [-0.25, -0.2) is 8.42 Å². The molecule has 0 radical (unpaired) electrons. The molecule has 2 amide bonds. The van der Waals surface area contributed by atoms with E-state index in [4.69, 9.17) is 0 Å².